The molecular formula is C50H86O12S. The SMILES string of the molecule is CC/C=C/C=C/C=C/CCCCCCCC(=O)OC(COC(=O)CCCCCCCCC/C=C/C/C=C/CCCCCCCCCC)CO[C@H]1O[C@H](CS(=O)(=O)O)[C@@H](O)C(O)C1O. The summed E-state index contributed by atoms with van der Waals surface area (Å²) in [5.41, 5.74) is 0. The second-order valence-electron chi connectivity index (χ2n) is 16.8. The van der Waals surface area contributed by atoms with E-state index in [0.717, 1.165) is 77.0 Å². The highest BCUT2D eigenvalue weighted by molar-refractivity contribution is 7.85. The number of aliphatic hydroxyl groups is 3. The average Bonchev–Trinajstić information content (AvgIpc) is 3.25. The zero-order chi connectivity index (χ0) is 46.2. The smallest absolute Gasteiger partial charge is 0.306 e. The van der Waals surface area contributed by atoms with E-state index in [1.807, 2.05) is 24.3 Å². The molecule has 1 aliphatic heterocycles. The fourth-order valence-corrected chi connectivity index (χ4v) is 7.81. The van der Waals surface area contributed by atoms with Crippen LogP contribution in [0.2, 0.25) is 0 Å². The number of carbonyl (C=O) groups excluding carboxylic acids is 2. The van der Waals surface area contributed by atoms with Gasteiger partial charge in [0.1, 0.15) is 36.8 Å². The Balaban J connectivity index is 2.38. The fraction of sp³-hybridized carbons (Fsp3) is 0.760. The molecule has 364 valence electrons. The molecule has 0 radical (unpaired) electrons. The summed E-state index contributed by atoms with van der Waals surface area (Å²) in [4.78, 5) is 25.4. The van der Waals surface area contributed by atoms with E-state index in [2.05, 4.69) is 50.3 Å². The Bertz CT molecular complexity index is 1390. The number of hydrogen-bond acceptors (Lipinski definition) is 11. The van der Waals surface area contributed by atoms with E-state index in [9.17, 15) is 37.9 Å². The molecule has 1 saturated heterocycles. The Labute approximate surface area is 381 Å². The number of rotatable bonds is 40. The molecule has 0 aromatic carbocycles. The van der Waals surface area contributed by atoms with Gasteiger partial charge >= 0.3 is 11.9 Å². The molecular weight excluding hydrogens is 825 g/mol. The molecule has 0 saturated carbocycles. The Hall–Kier alpha value is -2.65. The Kier molecular flexibility index (Phi) is 36.8. The molecule has 1 fully saturated rings. The number of unbranched alkanes of at least 4 members (excludes halogenated alkanes) is 20. The maximum absolute atomic E-state index is 12.8. The van der Waals surface area contributed by atoms with Gasteiger partial charge in [0.05, 0.1) is 6.61 Å². The molecule has 0 aromatic rings. The second-order valence-corrected chi connectivity index (χ2v) is 18.3. The number of aliphatic hydroxyl groups excluding tert-OH is 3. The quantitative estimate of drug-likeness (QED) is 0.0150. The molecule has 0 amide bonds. The first-order valence-corrected chi connectivity index (χ1v) is 26.0. The van der Waals surface area contributed by atoms with E-state index in [1.165, 1.54) is 70.6 Å². The van der Waals surface area contributed by atoms with E-state index < -0.39 is 71.2 Å². The third-order valence-electron chi connectivity index (χ3n) is 10.9. The van der Waals surface area contributed by atoms with Crippen molar-refractivity contribution in [2.75, 3.05) is 19.0 Å². The fourth-order valence-electron chi connectivity index (χ4n) is 7.12. The molecule has 3 unspecified atom stereocenters. The van der Waals surface area contributed by atoms with Crippen LogP contribution >= 0.6 is 0 Å². The lowest BCUT2D eigenvalue weighted by atomic mass is 10.00. The van der Waals surface area contributed by atoms with Crippen LogP contribution in [0, 0.1) is 0 Å². The first-order chi connectivity index (χ1) is 30.5. The zero-order valence-corrected chi connectivity index (χ0v) is 39.7. The van der Waals surface area contributed by atoms with Gasteiger partial charge in [0.25, 0.3) is 10.1 Å². The molecule has 6 atom stereocenters. The summed E-state index contributed by atoms with van der Waals surface area (Å²) in [5, 5.41) is 30.9. The van der Waals surface area contributed by atoms with Crippen LogP contribution in [-0.4, -0.2) is 96.0 Å². The van der Waals surface area contributed by atoms with Gasteiger partial charge in [-0.3, -0.25) is 14.1 Å². The molecule has 0 spiro atoms. The maximum Gasteiger partial charge on any atom is 0.306 e. The molecule has 0 aliphatic carbocycles. The van der Waals surface area contributed by atoms with Crippen LogP contribution in [0.4, 0.5) is 0 Å². The van der Waals surface area contributed by atoms with Crippen LogP contribution in [0.15, 0.2) is 60.8 Å². The summed E-state index contributed by atoms with van der Waals surface area (Å²) >= 11 is 0. The zero-order valence-electron chi connectivity index (χ0n) is 38.9. The van der Waals surface area contributed by atoms with Gasteiger partial charge < -0.3 is 34.3 Å². The summed E-state index contributed by atoms with van der Waals surface area (Å²) in [7, 11) is -4.61. The third kappa shape index (κ3) is 34.4. The van der Waals surface area contributed by atoms with E-state index in [0.29, 0.717) is 12.8 Å². The number of ether oxygens (including phenoxy) is 4. The maximum atomic E-state index is 12.8. The van der Waals surface area contributed by atoms with Crippen molar-refractivity contribution in [3.63, 3.8) is 0 Å². The predicted molar refractivity (Wildman–Crippen MR) is 252 cm³/mol. The standard InChI is InChI=1S/C50H86O12S/c1-3-5-7-9-11-13-15-17-18-19-20-21-22-23-24-25-27-28-30-32-34-36-38-45(51)59-40-43(41-60-50-49(55)48(54)47(53)44(62-50)42-63(56,57)58)61-46(52)39-37-35-33-31-29-26-16-14-12-10-8-6-4-2/h6,8,10,12,14,16,19-20,22-23,43-44,47-50,53-55H,3-5,7,9,11,13,15,17-18,21,24-42H2,1-2H3,(H,56,57,58)/b8-6+,12-10+,16-14+,20-19+,23-22+/t43?,44-,47-,48?,49?,50+/m1/s1. The predicted octanol–water partition coefficient (Wildman–Crippen LogP) is 10.5. The van der Waals surface area contributed by atoms with Crippen molar-refractivity contribution in [3.8, 4) is 0 Å². The van der Waals surface area contributed by atoms with E-state index in [-0.39, 0.29) is 19.4 Å². The van der Waals surface area contributed by atoms with E-state index in [1.54, 1.807) is 0 Å². The molecule has 1 aliphatic rings. The number of carbonyl (C=O) groups is 2. The Morgan fingerprint density at radius 3 is 1.60 bits per heavy atom. The highest BCUT2D eigenvalue weighted by atomic mass is 32.2. The monoisotopic (exact) mass is 911 g/mol. The first-order valence-electron chi connectivity index (χ1n) is 24.4. The molecule has 4 N–H and O–H groups in total. The van der Waals surface area contributed by atoms with Crippen molar-refractivity contribution in [3.05, 3.63) is 60.8 Å². The highest BCUT2D eigenvalue weighted by Crippen LogP contribution is 2.24. The van der Waals surface area contributed by atoms with Gasteiger partial charge in [-0.1, -0.05) is 171 Å². The third-order valence-corrected chi connectivity index (χ3v) is 11.6. The Morgan fingerprint density at radius 1 is 0.571 bits per heavy atom. The topological polar surface area (TPSA) is 186 Å². The number of hydrogen-bond donors (Lipinski definition) is 4. The summed E-state index contributed by atoms with van der Waals surface area (Å²) < 4.78 is 54.1. The van der Waals surface area contributed by atoms with Gasteiger partial charge in [-0.25, -0.2) is 0 Å². The molecule has 0 bridgehead atoms. The van der Waals surface area contributed by atoms with Gasteiger partial charge in [-0.15, -0.1) is 0 Å². The summed E-state index contributed by atoms with van der Waals surface area (Å²) in [6.07, 6.45) is 39.8. The second kappa shape index (κ2) is 39.7. The van der Waals surface area contributed by atoms with Crippen molar-refractivity contribution in [2.45, 2.75) is 224 Å². The molecule has 13 heteroatoms. The van der Waals surface area contributed by atoms with Crippen LogP contribution in [0.5, 0.6) is 0 Å². The largest absolute Gasteiger partial charge is 0.462 e. The van der Waals surface area contributed by atoms with Gasteiger partial charge in [0.15, 0.2) is 12.4 Å². The van der Waals surface area contributed by atoms with Crippen LogP contribution in [0.3, 0.4) is 0 Å². The molecule has 12 nitrogen and oxygen atoms in total. The minimum Gasteiger partial charge on any atom is -0.462 e. The summed E-state index contributed by atoms with van der Waals surface area (Å²) in [6, 6.07) is 0. The molecule has 1 rings (SSSR count). The van der Waals surface area contributed by atoms with Crippen molar-refractivity contribution < 1.29 is 56.8 Å². The van der Waals surface area contributed by atoms with Crippen molar-refractivity contribution in [1.29, 1.82) is 0 Å². The number of allylic oxidation sites excluding steroid dienone is 10. The summed E-state index contributed by atoms with van der Waals surface area (Å²) in [6.45, 7) is 3.60. The van der Waals surface area contributed by atoms with Gasteiger partial charge in [0.2, 0.25) is 0 Å². The van der Waals surface area contributed by atoms with Crippen molar-refractivity contribution >= 4 is 22.1 Å². The van der Waals surface area contributed by atoms with E-state index >= 15 is 0 Å². The Morgan fingerprint density at radius 2 is 1.06 bits per heavy atom. The van der Waals surface area contributed by atoms with Gasteiger partial charge in [-0.2, -0.15) is 8.42 Å². The van der Waals surface area contributed by atoms with Crippen molar-refractivity contribution in [1.82, 2.24) is 0 Å². The lowest BCUT2D eigenvalue weighted by Crippen LogP contribution is -2.60. The average molecular weight is 911 g/mol. The van der Waals surface area contributed by atoms with Gasteiger partial charge in [-0.05, 0) is 64.2 Å². The van der Waals surface area contributed by atoms with Crippen LogP contribution in [0.25, 0.3) is 0 Å². The van der Waals surface area contributed by atoms with Crippen molar-refractivity contribution in [2.24, 2.45) is 0 Å². The molecule has 1 heterocycles. The lowest BCUT2D eigenvalue weighted by Gasteiger charge is -2.40. The lowest BCUT2D eigenvalue weighted by molar-refractivity contribution is -0.297. The molecule has 63 heavy (non-hydrogen) atoms. The minimum atomic E-state index is -4.61. The van der Waals surface area contributed by atoms with Crippen LogP contribution < -0.4 is 0 Å². The normalized spacial score (nSPS) is 20.3. The first kappa shape index (κ1) is 58.4. The van der Waals surface area contributed by atoms with Crippen LogP contribution in [0.1, 0.15) is 187 Å². The molecule has 0 aromatic heterocycles. The van der Waals surface area contributed by atoms with Crippen LogP contribution in [-0.2, 0) is 38.7 Å². The van der Waals surface area contributed by atoms with E-state index in [4.69, 9.17) is 18.9 Å². The summed E-state index contributed by atoms with van der Waals surface area (Å²) in [5.74, 6) is -2.02. The highest BCUT2D eigenvalue weighted by Gasteiger charge is 2.46. The minimum absolute atomic E-state index is 0.137. The number of esters is 2. The van der Waals surface area contributed by atoms with Gasteiger partial charge in [0, 0.05) is 12.8 Å².